The summed E-state index contributed by atoms with van der Waals surface area (Å²) < 4.78 is 36.0. The molecule has 0 amide bonds. The first kappa shape index (κ1) is 9.31. The molecule has 2 rings (SSSR count). The molecule has 0 aromatic heterocycles. The lowest BCUT2D eigenvalue weighted by Gasteiger charge is -2.20. The fourth-order valence-corrected chi connectivity index (χ4v) is 2.72. The number of halogens is 3. The van der Waals surface area contributed by atoms with Gasteiger partial charge < -0.3 is 0 Å². The number of likely N-dealkylation sites (tertiary alicyclic amines) is 1. The molecule has 76 valence electrons. The van der Waals surface area contributed by atoms with Crippen LogP contribution < -0.4 is 0 Å². The number of rotatable bonds is 2. The first-order chi connectivity index (χ1) is 6.01. The Bertz CT molecular complexity index is 190. The van der Waals surface area contributed by atoms with Gasteiger partial charge in [-0.2, -0.15) is 13.2 Å². The van der Waals surface area contributed by atoms with Crippen LogP contribution in [0.3, 0.4) is 0 Å². The summed E-state index contributed by atoms with van der Waals surface area (Å²) in [5.41, 5.74) is 0. The fourth-order valence-electron chi connectivity index (χ4n) is 2.72. The van der Waals surface area contributed by atoms with Gasteiger partial charge >= 0.3 is 6.18 Å². The van der Waals surface area contributed by atoms with Crippen LogP contribution in [0.4, 0.5) is 13.2 Å². The quantitative estimate of drug-likeness (QED) is 0.649. The predicted octanol–water partition coefficient (Wildman–Crippen LogP) is 2.14. The van der Waals surface area contributed by atoms with E-state index >= 15 is 0 Å². The number of nitrogens with zero attached hydrogens (tertiary/aromatic N) is 1. The number of hydrogen-bond donors (Lipinski definition) is 0. The van der Waals surface area contributed by atoms with Crippen LogP contribution in [0.25, 0.3) is 0 Å². The largest absolute Gasteiger partial charge is 0.401 e. The van der Waals surface area contributed by atoms with Crippen LogP contribution in [-0.4, -0.2) is 30.7 Å². The molecule has 0 unspecified atom stereocenters. The molecule has 0 N–H and O–H groups in total. The molecule has 0 radical (unpaired) electrons. The predicted molar refractivity (Wildman–Crippen MR) is 43.3 cm³/mol. The third-order valence-electron chi connectivity index (χ3n) is 3.32. The minimum Gasteiger partial charge on any atom is -0.294 e. The lowest BCUT2D eigenvalue weighted by molar-refractivity contribution is -0.144. The van der Waals surface area contributed by atoms with E-state index in [1.54, 1.807) is 4.90 Å². The number of alkyl halides is 3. The molecular formula is C9H14F3N. The van der Waals surface area contributed by atoms with Crippen LogP contribution in [-0.2, 0) is 0 Å². The minimum absolute atomic E-state index is 0.576. The van der Waals surface area contributed by atoms with E-state index < -0.39 is 12.7 Å². The summed E-state index contributed by atoms with van der Waals surface area (Å²) in [7, 11) is 0. The highest BCUT2D eigenvalue weighted by atomic mass is 19.4. The maximum Gasteiger partial charge on any atom is 0.401 e. The third-order valence-corrected chi connectivity index (χ3v) is 3.32. The van der Waals surface area contributed by atoms with Gasteiger partial charge in [-0.05, 0) is 17.8 Å². The van der Waals surface area contributed by atoms with E-state index in [2.05, 4.69) is 6.92 Å². The van der Waals surface area contributed by atoms with Gasteiger partial charge in [-0.3, -0.25) is 4.90 Å². The van der Waals surface area contributed by atoms with Gasteiger partial charge in [0, 0.05) is 13.1 Å². The molecule has 3 atom stereocenters. The van der Waals surface area contributed by atoms with E-state index in [1.165, 1.54) is 0 Å². The average Bonchev–Trinajstić information content (AvgIpc) is 2.44. The topological polar surface area (TPSA) is 3.24 Å². The zero-order chi connectivity index (χ0) is 9.64. The standard InChI is InChI=1S/C9H14F3N/c1-2-6-7-3-13(4-8(6)7)5-9(10,11)12/h6-8H,2-5H2,1H3/t6-,7-,8+. The molecule has 1 saturated carbocycles. The van der Waals surface area contributed by atoms with E-state index in [4.69, 9.17) is 0 Å². The highest BCUT2D eigenvalue weighted by molar-refractivity contribution is 5.04. The zero-order valence-electron chi connectivity index (χ0n) is 7.64. The molecule has 1 saturated heterocycles. The van der Waals surface area contributed by atoms with Gasteiger partial charge in [-0.1, -0.05) is 13.3 Å². The van der Waals surface area contributed by atoms with E-state index in [-0.39, 0.29) is 0 Å². The second-order valence-electron chi connectivity index (χ2n) is 4.21. The van der Waals surface area contributed by atoms with E-state index in [1.807, 2.05) is 0 Å². The minimum atomic E-state index is -4.02. The second-order valence-corrected chi connectivity index (χ2v) is 4.21. The van der Waals surface area contributed by atoms with Crippen LogP contribution in [0, 0.1) is 17.8 Å². The van der Waals surface area contributed by atoms with Gasteiger partial charge in [-0.15, -0.1) is 0 Å². The Morgan fingerprint density at radius 2 is 1.77 bits per heavy atom. The first-order valence-electron chi connectivity index (χ1n) is 4.80. The van der Waals surface area contributed by atoms with E-state index in [9.17, 15) is 13.2 Å². The SMILES string of the molecule is CC[C@@H]1[C@H]2CN(CC(F)(F)F)C[C@@H]12. The zero-order valence-corrected chi connectivity index (χ0v) is 7.64. The van der Waals surface area contributed by atoms with Crippen molar-refractivity contribution in [1.82, 2.24) is 4.90 Å². The Kier molecular flexibility index (Phi) is 2.06. The van der Waals surface area contributed by atoms with Crippen molar-refractivity contribution in [2.45, 2.75) is 19.5 Å². The summed E-state index contributed by atoms with van der Waals surface area (Å²) in [4.78, 5) is 1.54. The molecular weight excluding hydrogens is 179 g/mol. The summed E-state index contributed by atoms with van der Waals surface area (Å²) >= 11 is 0. The van der Waals surface area contributed by atoms with Crippen LogP contribution in [0.5, 0.6) is 0 Å². The molecule has 1 heterocycles. The molecule has 0 aromatic carbocycles. The Hall–Kier alpha value is -0.250. The van der Waals surface area contributed by atoms with Crippen molar-refractivity contribution in [2.75, 3.05) is 19.6 Å². The van der Waals surface area contributed by atoms with Crippen molar-refractivity contribution >= 4 is 0 Å². The lowest BCUT2D eigenvalue weighted by atomic mass is 10.2. The molecule has 0 aromatic rings. The van der Waals surface area contributed by atoms with Crippen LogP contribution in [0.15, 0.2) is 0 Å². The van der Waals surface area contributed by atoms with Gasteiger partial charge in [0.2, 0.25) is 0 Å². The monoisotopic (exact) mass is 193 g/mol. The molecule has 1 aliphatic carbocycles. The second kappa shape index (κ2) is 2.87. The Morgan fingerprint density at radius 3 is 2.15 bits per heavy atom. The maximum atomic E-state index is 12.0. The molecule has 0 spiro atoms. The molecule has 2 aliphatic rings. The van der Waals surface area contributed by atoms with E-state index in [0.717, 1.165) is 12.3 Å². The van der Waals surface area contributed by atoms with Crippen molar-refractivity contribution in [2.24, 2.45) is 17.8 Å². The average molecular weight is 193 g/mol. The Labute approximate surface area is 75.9 Å². The normalized spacial score (nSPS) is 39.2. The summed E-state index contributed by atoms with van der Waals surface area (Å²) in [5.74, 6) is 1.88. The molecule has 1 aliphatic heterocycles. The summed E-state index contributed by atoms with van der Waals surface area (Å²) in [6, 6.07) is 0. The Morgan fingerprint density at radius 1 is 1.23 bits per heavy atom. The van der Waals surface area contributed by atoms with Gasteiger partial charge in [0.15, 0.2) is 0 Å². The van der Waals surface area contributed by atoms with Crippen molar-refractivity contribution in [3.05, 3.63) is 0 Å². The molecule has 4 heteroatoms. The van der Waals surface area contributed by atoms with E-state index in [0.29, 0.717) is 24.9 Å². The highest BCUT2D eigenvalue weighted by Gasteiger charge is 2.55. The molecule has 2 fully saturated rings. The van der Waals surface area contributed by atoms with Crippen molar-refractivity contribution in [3.8, 4) is 0 Å². The molecule has 0 bridgehead atoms. The van der Waals surface area contributed by atoms with Crippen LogP contribution in [0.2, 0.25) is 0 Å². The van der Waals surface area contributed by atoms with Crippen molar-refractivity contribution < 1.29 is 13.2 Å². The summed E-state index contributed by atoms with van der Waals surface area (Å²) in [6.45, 7) is 2.75. The van der Waals surface area contributed by atoms with Crippen LogP contribution in [0.1, 0.15) is 13.3 Å². The molecule has 13 heavy (non-hydrogen) atoms. The number of fused-ring (bicyclic) bond motifs is 1. The summed E-state index contributed by atoms with van der Waals surface area (Å²) in [6.07, 6.45) is -2.88. The first-order valence-corrected chi connectivity index (χ1v) is 4.80. The smallest absolute Gasteiger partial charge is 0.294 e. The van der Waals surface area contributed by atoms with Crippen molar-refractivity contribution in [3.63, 3.8) is 0 Å². The lowest BCUT2D eigenvalue weighted by Crippen LogP contribution is -2.34. The third kappa shape index (κ3) is 1.82. The van der Waals surface area contributed by atoms with Gasteiger partial charge in [-0.25, -0.2) is 0 Å². The highest BCUT2D eigenvalue weighted by Crippen LogP contribution is 2.53. The van der Waals surface area contributed by atoms with Gasteiger partial charge in [0.1, 0.15) is 0 Å². The molecule has 1 nitrogen and oxygen atoms in total. The van der Waals surface area contributed by atoms with Crippen molar-refractivity contribution in [1.29, 1.82) is 0 Å². The van der Waals surface area contributed by atoms with Crippen LogP contribution >= 0.6 is 0 Å². The fraction of sp³-hybridized carbons (Fsp3) is 1.00. The number of piperidine rings is 1. The Balaban J connectivity index is 1.78. The summed E-state index contributed by atoms with van der Waals surface area (Å²) in [5, 5.41) is 0. The maximum absolute atomic E-state index is 12.0. The van der Waals surface area contributed by atoms with Gasteiger partial charge in [0.05, 0.1) is 6.54 Å². The van der Waals surface area contributed by atoms with Gasteiger partial charge in [0.25, 0.3) is 0 Å². The number of hydrogen-bond acceptors (Lipinski definition) is 1.